The van der Waals surface area contributed by atoms with Crippen LogP contribution in [-0.4, -0.2) is 40.2 Å². The van der Waals surface area contributed by atoms with Crippen molar-refractivity contribution in [2.75, 3.05) is 28.4 Å². The predicted molar refractivity (Wildman–Crippen MR) is 102 cm³/mol. The van der Waals surface area contributed by atoms with Gasteiger partial charge in [0.25, 0.3) is 5.91 Å². The normalized spacial score (nSPS) is 14.6. The van der Waals surface area contributed by atoms with Gasteiger partial charge < -0.3 is 24.3 Å². The molecule has 0 bridgehead atoms. The third-order valence-corrected chi connectivity index (χ3v) is 4.03. The molecule has 0 aliphatic carbocycles. The van der Waals surface area contributed by atoms with Gasteiger partial charge in [-0.2, -0.15) is 0 Å². The van der Waals surface area contributed by atoms with Crippen molar-refractivity contribution in [1.82, 2.24) is 5.32 Å². The third-order valence-electron chi connectivity index (χ3n) is 4.03. The molecule has 0 saturated heterocycles. The molecule has 1 amide bonds. The minimum atomic E-state index is -0.290. The standard InChI is InChI=1S/C20H20N2O5/c1-24-14-7-12(8-15(11-14)25-2)9-16-20(23)22-19(21-16)13-5-6-17(26-3)18(10-13)27-4/h5-11H,1-4H3,(H,21,22,23)/b16-9+. The van der Waals surface area contributed by atoms with Crippen molar-refractivity contribution >= 4 is 17.8 Å². The lowest BCUT2D eigenvalue weighted by atomic mass is 10.1. The van der Waals surface area contributed by atoms with Crippen LogP contribution in [0.3, 0.4) is 0 Å². The van der Waals surface area contributed by atoms with Crippen LogP contribution < -0.4 is 24.3 Å². The maximum Gasteiger partial charge on any atom is 0.275 e. The number of amidine groups is 1. The number of methoxy groups -OCH3 is 4. The fourth-order valence-corrected chi connectivity index (χ4v) is 2.66. The van der Waals surface area contributed by atoms with E-state index in [1.54, 1.807) is 70.9 Å². The van der Waals surface area contributed by atoms with E-state index in [-0.39, 0.29) is 11.6 Å². The van der Waals surface area contributed by atoms with Crippen LogP contribution >= 0.6 is 0 Å². The van der Waals surface area contributed by atoms with Gasteiger partial charge in [-0.3, -0.25) is 4.79 Å². The lowest BCUT2D eigenvalue weighted by molar-refractivity contribution is -0.115. The van der Waals surface area contributed by atoms with Crippen LogP contribution in [-0.2, 0) is 4.79 Å². The second-order valence-corrected chi connectivity index (χ2v) is 5.66. The van der Waals surface area contributed by atoms with E-state index in [9.17, 15) is 4.79 Å². The summed E-state index contributed by atoms with van der Waals surface area (Å²) in [4.78, 5) is 16.8. The highest BCUT2D eigenvalue weighted by Gasteiger charge is 2.22. The van der Waals surface area contributed by atoms with Crippen molar-refractivity contribution < 1.29 is 23.7 Å². The molecule has 0 atom stereocenters. The van der Waals surface area contributed by atoms with Gasteiger partial charge in [-0.15, -0.1) is 0 Å². The lowest BCUT2D eigenvalue weighted by Crippen LogP contribution is -2.24. The Morgan fingerprint density at radius 2 is 1.52 bits per heavy atom. The first-order valence-electron chi connectivity index (χ1n) is 8.15. The van der Waals surface area contributed by atoms with Crippen LogP contribution in [0, 0.1) is 0 Å². The number of aliphatic imine (C=N–C) groups is 1. The molecule has 0 spiro atoms. The Morgan fingerprint density at radius 3 is 2.11 bits per heavy atom. The van der Waals surface area contributed by atoms with Crippen LogP contribution in [0.1, 0.15) is 11.1 Å². The van der Waals surface area contributed by atoms with Crippen molar-refractivity contribution in [1.29, 1.82) is 0 Å². The summed E-state index contributed by atoms with van der Waals surface area (Å²) in [7, 11) is 6.26. The van der Waals surface area contributed by atoms with E-state index in [0.717, 1.165) is 5.56 Å². The molecule has 7 nitrogen and oxygen atoms in total. The van der Waals surface area contributed by atoms with Crippen LogP contribution in [0.25, 0.3) is 6.08 Å². The molecule has 140 valence electrons. The van der Waals surface area contributed by atoms with Crippen molar-refractivity contribution in [2.45, 2.75) is 0 Å². The van der Waals surface area contributed by atoms with Gasteiger partial charge in [-0.05, 0) is 42.0 Å². The molecule has 1 N–H and O–H groups in total. The number of amides is 1. The lowest BCUT2D eigenvalue weighted by Gasteiger charge is -2.09. The van der Waals surface area contributed by atoms with Crippen LogP contribution in [0.4, 0.5) is 0 Å². The van der Waals surface area contributed by atoms with E-state index in [2.05, 4.69) is 10.3 Å². The number of hydrogen-bond acceptors (Lipinski definition) is 6. The topological polar surface area (TPSA) is 78.4 Å². The van der Waals surface area contributed by atoms with Gasteiger partial charge in [-0.1, -0.05) is 0 Å². The Kier molecular flexibility index (Phi) is 5.30. The molecule has 2 aromatic rings. The summed E-state index contributed by atoms with van der Waals surface area (Å²) < 4.78 is 21.0. The second-order valence-electron chi connectivity index (χ2n) is 5.66. The molecular formula is C20H20N2O5. The summed E-state index contributed by atoms with van der Waals surface area (Å²) in [5, 5.41) is 2.77. The van der Waals surface area contributed by atoms with Crippen LogP contribution in [0.2, 0.25) is 0 Å². The SMILES string of the molecule is COc1cc(/C=C2/N=C(c3ccc(OC)c(OC)c3)NC2=O)cc(OC)c1. The molecule has 1 aliphatic heterocycles. The van der Waals surface area contributed by atoms with Gasteiger partial charge in [-0.25, -0.2) is 4.99 Å². The average molecular weight is 368 g/mol. The highest BCUT2D eigenvalue weighted by molar-refractivity contribution is 6.20. The Morgan fingerprint density at radius 1 is 0.852 bits per heavy atom. The average Bonchev–Trinajstić information content (AvgIpc) is 3.07. The number of nitrogens with one attached hydrogen (secondary N) is 1. The van der Waals surface area contributed by atoms with Gasteiger partial charge in [0, 0.05) is 11.6 Å². The number of hydrogen-bond donors (Lipinski definition) is 1. The van der Waals surface area contributed by atoms with Crippen molar-refractivity contribution in [3.63, 3.8) is 0 Å². The first-order chi connectivity index (χ1) is 13.1. The molecule has 3 rings (SSSR count). The van der Waals surface area contributed by atoms with Crippen molar-refractivity contribution in [2.24, 2.45) is 4.99 Å². The summed E-state index contributed by atoms with van der Waals surface area (Å²) in [5.74, 6) is 2.57. The molecule has 2 aromatic carbocycles. The maximum absolute atomic E-state index is 12.3. The molecule has 0 saturated carbocycles. The van der Waals surface area contributed by atoms with Gasteiger partial charge in [0.05, 0.1) is 28.4 Å². The quantitative estimate of drug-likeness (QED) is 0.793. The molecule has 0 aromatic heterocycles. The van der Waals surface area contributed by atoms with E-state index in [1.165, 1.54) is 0 Å². The van der Waals surface area contributed by atoms with Gasteiger partial charge in [0.2, 0.25) is 0 Å². The fraction of sp³-hybridized carbons (Fsp3) is 0.200. The number of carbonyl (C=O) groups excluding carboxylic acids is 1. The van der Waals surface area contributed by atoms with Crippen molar-refractivity contribution in [3.05, 3.63) is 53.2 Å². The summed E-state index contributed by atoms with van der Waals surface area (Å²) in [6, 6.07) is 10.7. The number of carbonyl (C=O) groups is 1. The molecule has 0 unspecified atom stereocenters. The predicted octanol–water partition coefficient (Wildman–Crippen LogP) is 2.64. The first-order valence-corrected chi connectivity index (χ1v) is 8.15. The molecule has 0 fully saturated rings. The van der Waals surface area contributed by atoms with E-state index >= 15 is 0 Å². The molecule has 7 heteroatoms. The highest BCUT2D eigenvalue weighted by atomic mass is 16.5. The third kappa shape index (κ3) is 3.87. The number of nitrogens with zero attached hydrogens (tertiary/aromatic N) is 1. The second kappa shape index (κ2) is 7.82. The number of ether oxygens (including phenoxy) is 4. The van der Waals surface area contributed by atoms with E-state index < -0.39 is 0 Å². The number of benzene rings is 2. The summed E-state index contributed by atoms with van der Waals surface area (Å²) >= 11 is 0. The van der Waals surface area contributed by atoms with E-state index in [1.807, 2.05) is 0 Å². The number of rotatable bonds is 6. The molecule has 0 radical (unpaired) electrons. The van der Waals surface area contributed by atoms with E-state index in [0.29, 0.717) is 34.4 Å². The first kappa shape index (κ1) is 18.3. The van der Waals surface area contributed by atoms with Crippen LogP contribution in [0.5, 0.6) is 23.0 Å². The summed E-state index contributed by atoms with van der Waals surface area (Å²) in [6.45, 7) is 0. The zero-order valence-electron chi connectivity index (χ0n) is 15.5. The minimum absolute atomic E-state index is 0.287. The smallest absolute Gasteiger partial charge is 0.275 e. The Labute approximate surface area is 157 Å². The van der Waals surface area contributed by atoms with Gasteiger partial charge in [0.1, 0.15) is 23.0 Å². The largest absolute Gasteiger partial charge is 0.497 e. The minimum Gasteiger partial charge on any atom is -0.497 e. The zero-order chi connectivity index (χ0) is 19.4. The van der Waals surface area contributed by atoms with E-state index in [4.69, 9.17) is 18.9 Å². The molecule has 1 heterocycles. The highest BCUT2D eigenvalue weighted by Crippen LogP contribution is 2.29. The fourth-order valence-electron chi connectivity index (χ4n) is 2.66. The summed E-state index contributed by atoms with van der Waals surface area (Å²) in [6.07, 6.45) is 1.67. The zero-order valence-corrected chi connectivity index (χ0v) is 15.5. The summed E-state index contributed by atoms with van der Waals surface area (Å²) in [5.41, 5.74) is 1.75. The Balaban J connectivity index is 1.96. The van der Waals surface area contributed by atoms with Gasteiger partial charge >= 0.3 is 0 Å². The Hall–Kier alpha value is -3.48. The molecular weight excluding hydrogens is 348 g/mol. The molecule has 1 aliphatic rings. The maximum atomic E-state index is 12.3. The molecule has 27 heavy (non-hydrogen) atoms. The van der Waals surface area contributed by atoms with Gasteiger partial charge in [0.15, 0.2) is 11.5 Å². The van der Waals surface area contributed by atoms with Crippen molar-refractivity contribution in [3.8, 4) is 23.0 Å². The monoisotopic (exact) mass is 368 g/mol. The Bertz CT molecular complexity index is 912. The van der Waals surface area contributed by atoms with Crippen LogP contribution in [0.15, 0.2) is 47.1 Å².